The number of carbonyl (C=O) groups excluding carboxylic acids is 1. The fourth-order valence-corrected chi connectivity index (χ4v) is 3.84. The Morgan fingerprint density at radius 3 is 2.45 bits per heavy atom. The second-order valence-corrected chi connectivity index (χ2v) is 7.86. The molecule has 0 aromatic heterocycles. The molecular weight excluding hydrogens is 324 g/mol. The zero-order valence-corrected chi connectivity index (χ0v) is 14.3. The van der Waals surface area contributed by atoms with Gasteiger partial charge < -0.3 is 10.6 Å². The van der Waals surface area contributed by atoms with E-state index in [9.17, 15) is 13.2 Å². The average molecular weight is 347 g/mol. The Morgan fingerprint density at radius 2 is 1.82 bits per heavy atom. The molecule has 7 heteroatoms. The topological polar surface area (TPSA) is 80.5 Å². The van der Waals surface area contributed by atoms with Crippen molar-refractivity contribution in [1.82, 2.24) is 4.90 Å². The lowest BCUT2D eigenvalue weighted by atomic mass is 9.94. The fraction of sp³-hybridized carbons (Fsp3) is 0.533. The zero-order valence-electron chi connectivity index (χ0n) is 12.6. The molecule has 0 saturated carbocycles. The Morgan fingerprint density at radius 1 is 1.18 bits per heavy atom. The molecule has 1 aliphatic heterocycles. The fourth-order valence-electron chi connectivity index (χ4n) is 2.56. The molecule has 0 spiro atoms. The number of sulfone groups is 1. The summed E-state index contributed by atoms with van der Waals surface area (Å²) in [6.45, 7) is 2.57. The summed E-state index contributed by atoms with van der Waals surface area (Å²) in [5, 5.41) is 0. The number of carbonyl (C=O) groups is 1. The lowest BCUT2D eigenvalue weighted by molar-refractivity contribution is -0.135. The first-order valence-electron chi connectivity index (χ1n) is 7.20. The molecule has 1 fully saturated rings. The minimum Gasteiger partial charge on any atom is -0.341 e. The molecule has 2 atom stereocenters. The van der Waals surface area contributed by atoms with Crippen molar-refractivity contribution in [1.29, 1.82) is 0 Å². The smallest absolute Gasteiger partial charge is 0.227 e. The van der Waals surface area contributed by atoms with Gasteiger partial charge in [0.25, 0.3) is 0 Å². The van der Waals surface area contributed by atoms with Crippen LogP contribution in [0.2, 0.25) is 0 Å². The molecule has 1 aliphatic rings. The third-order valence-electron chi connectivity index (χ3n) is 3.98. The molecule has 22 heavy (non-hydrogen) atoms. The lowest BCUT2D eigenvalue weighted by Crippen LogP contribution is -2.40. The summed E-state index contributed by atoms with van der Waals surface area (Å²) in [7, 11) is -3.01. The largest absolute Gasteiger partial charge is 0.341 e. The number of benzene rings is 1. The van der Waals surface area contributed by atoms with Crippen molar-refractivity contribution in [3.8, 4) is 0 Å². The Bertz CT molecular complexity index is 592. The van der Waals surface area contributed by atoms with Gasteiger partial charge >= 0.3 is 0 Å². The number of amides is 1. The minimum absolute atomic E-state index is 0. The maximum Gasteiger partial charge on any atom is 0.227 e. The predicted molar refractivity (Wildman–Crippen MR) is 89.6 cm³/mol. The van der Waals surface area contributed by atoms with Gasteiger partial charge in [-0.2, -0.15) is 0 Å². The third-order valence-corrected chi connectivity index (χ3v) is 5.70. The summed E-state index contributed by atoms with van der Waals surface area (Å²) in [5.41, 5.74) is 7.09. The van der Waals surface area contributed by atoms with Crippen molar-refractivity contribution >= 4 is 28.2 Å². The van der Waals surface area contributed by atoms with E-state index in [-0.39, 0.29) is 48.3 Å². The number of nitrogens with two attached hydrogens (primary N) is 1. The molecule has 1 aromatic carbocycles. The summed E-state index contributed by atoms with van der Waals surface area (Å²) >= 11 is 0. The van der Waals surface area contributed by atoms with E-state index < -0.39 is 9.84 Å². The van der Waals surface area contributed by atoms with Crippen LogP contribution in [0.3, 0.4) is 0 Å². The average Bonchev–Trinajstić information content (AvgIpc) is 2.66. The van der Waals surface area contributed by atoms with E-state index >= 15 is 0 Å². The molecule has 1 heterocycles. The first kappa shape index (κ1) is 18.9. The van der Waals surface area contributed by atoms with Gasteiger partial charge in [-0.15, -0.1) is 12.4 Å². The van der Waals surface area contributed by atoms with Crippen molar-refractivity contribution in [3.63, 3.8) is 0 Å². The summed E-state index contributed by atoms with van der Waals surface area (Å²) < 4.78 is 23.2. The van der Waals surface area contributed by atoms with Gasteiger partial charge in [0.05, 0.1) is 17.4 Å². The Balaban J connectivity index is 0.00000242. The highest BCUT2D eigenvalue weighted by Crippen LogP contribution is 2.21. The molecule has 1 saturated heterocycles. The molecule has 0 aliphatic carbocycles. The summed E-state index contributed by atoms with van der Waals surface area (Å²) in [6.07, 6.45) is 0.501. The van der Waals surface area contributed by atoms with Gasteiger partial charge in [-0.25, -0.2) is 8.42 Å². The van der Waals surface area contributed by atoms with Crippen molar-refractivity contribution < 1.29 is 13.2 Å². The molecule has 1 aromatic rings. The third kappa shape index (κ3) is 4.69. The van der Waals surface area contributed by atoms with Crippen LogP contribution in [-0.4, -0.2) is 43.8 Å². The van der Waals surface area contributed by atoms with Gasteiger partial charge in [0, 0.05) is 19.1 Å². The number of hydrogen-bond acceptors (Lipinski definition) is 4. The predicted octanol–water partition coefficient (Wildman–Crippen LogP) is 1.39. The Kier molecular flexibility index (Phi) is 6.84. The van der Waals surface area contributed by atoms with Gasteiger partial charge in [0.2, 0.25) is 5.91 Å². The number of rotatable bonds is 3. The molecule has 2 rings (SSSR count). The van der Waals surface area contributed by atoms with Crippen LogP contribution in [0.5, 0.6) is 0 Å². The quantitative estimate of drug-likeness (QED) is 0.896. The van der Waals surface area contributed by atoms with E-state index in [0.717, 1.165) is 5.56 Å². The molecular formula is C15H23ClN2O3S. The van der Waals surface area contributed by atoms with Gasteiger partial charge in [-0.05, 0) is 12.0 Å². The maximum absolute atomic E-state index is 12.5. The minimum atomic E-state index is -3.01. The maximum atomic E-state index is 12.5. The number of hydrogen-bond donors (Lipinski definition) is 1. The molecule has 0 radical (unpaired) electrons. The van der Waals surface area contributed by atoms with Crippen molar-refractivity contribution in [3.05, 3.63) is 35.9 Å². The summed E-state index contributed by atoms with van der Waals surface area (Å²) in [4.78, 5) is 14.2. The highest BCUT2D eigenvalue weighted by molar-refractivity contribution is 7.91. The number of halogens is 1. The van der Waals surface area contributed by atoms with Crippen LogP contribution in [0.4, 0.5) is 0 Å². The zero-order chi connectivity index (χ0) is 15.5. The van der Waals surface area contributed by atoms with Gasteiger partial charge in [0.1, 0.15) is 0 Å². The van der Waals surface area contributed by atoms with Crippen LogP contribution >= 0.6 is 12.4 Å². The van der Waals surface area contributed by atoms with E-state index in [0.29, 0.717) is 13.0 Å². The van der Waals surface area contributed by atoms with Crippen molar-refractivity contribution in [2.75, 3.05) is 24.6 Å². The molecule has 5 nitrogen and oxygen atoms in total. The van der Waals surface area contributed by atoms with Crippen LogP contribution in [0.15, 0.2) is 30.3 Å². The second-order valence-electron chi connectivity index (χ2n) is 5.56. The second kappa shape index (κ2) is 7.94. The van der Waals surface area contributed by atoms with Crippen LogP contribution in [0, 0.1) is 5.92 Å². The van der Waals surface area contributed by atoms with Crippen molar-refractivity contribution in [2.24, 2.45) is 11.7 Å². The number of nitrogens with zero attached hydrogens (tertiary/aromatic N) is 1. The Labute approximate surface area is 138 Å². The highest BCUT2D eigenvalue weighted by Gasteiger charge is 2.29. The lowest BCUT2D eigenvalue weighted by Gasteiger charge is -2.27. The van der Waals surface area contributed by atoms with Crippen molar-refractivity contribution in [2.45, 2.75) is 19.4 Å². The summed E-state index contributed by atoms with van der Waals surface area (Å²) in [6, 6.07) is 9.12. The molecule has 2 N–H and O–H groups in total. The van der Waals surface area contributed by atoms with E-state index in [1.165, 1.54) is 0 Å². The van der Waals surface area contributed by atoms with Crippen LogP contribution in [-0.2, 0) is 14.6 Å². The van der Waals surface area contributed by atoms with E-state index in [4.69, 9.17) is 5.73 Å². The van der Waals surface area contributed by atoms with Gasteiger partial charge in [-0.3, -0.25) is 4.79 Å². The SMILES string of the molecule is CC(C(=O)N1CCCS(=O)(=O)CC1)C(N)c1ccccc1.Cl. The molecule has 1 amide bonds. The molecule has 0 bridgehead atoms. The highest BCUT2D eigenvalue weighted by atomic mass is 35.5. The molecule has 2 unspecified atom stereocenters. The van der Waals surface area contributed by atoms with E-state index in [1.54, 1.807) is 11.8 Å². The first-order valence-corrected chi connectivity index (χ1v) is 9.02. The van der Waals surface area contributed by atoms with Crippen LogP contribution < -0.4 is 5.73 Å². The summed E-state index contributed by atoms with van der Waals surface area (Å²) in [5.74, 6) is -0.223. The molecule has 124 valence electrons. The van der Waals surface area contributed by atoms with E-state index in [1.807, 2.05) is 30.3 Å². The van der Waals surface area contributed by atoms with Crippen LogP contribution in [0.1, 0.15) is 24.9 Å². The van der Waals surface area contributed by atoms with Gasteiger partial charge in [-0.1, -0.05) is 37.3 Å². The standard InChI is InChI=1S/C15H22N2O3S.ClH/c1-12(14(16)13-6-3-2-4-7-13)15(18)17-8-5-10-21(19,20)11-9-17;/h2-4,6-7,12,14H,5,8-11,16H2,1H3;1H. The first-order chi connectivity index (χ1) is 9.91. The normalized spacial score (nSPS) is 20.4. The van der Waals surface area contributed by atoms with Crippen LogP contribution in [0.25, 0.3) is 0 Å². The Hall–Kier alpha value is -1.11. The van der Waals surface area contributed by atoms with E-state index in [2.05, 4.69) is 0 Å². The monoisotopic (exact) mass is 346 g/mol. The van der Waals surface area contributed by atoms with Gasteiger partial charge in [0.15, 0.2) is 9.84 Å².